The summed E-state index contributed by atoms with van der Waals surface area (Å²) in [5.41, 5.74) is 0.505. The van der Waals surface area contributed by atoms with E-state index < -0.39 is 0 Å². The topological polar surface area (TPSA) is 33.2 Å². The van der Waals surface area contributed by atoms with Crippen LogP contribution in [0.1, 0.15) is 27.7 Å². The molecule has 0 N–H and O–H groups in total. The van der Waals surface area contributed by atoms with Crippen LogP contribution in [0.4, 0.5) is 0 Å². The zero-order valence-corrected chi connectivity index (χ0v) is 9.52. The maximum absolute atomic E-state index is 11.4. The second-order valence-electron chi connectivity index (χ2n) is 2.95. The molecule has 0 spiro atoms. The highest BCUT2D eigenvalue weighted by atomic mass is 32.1. The van der Waals surface area contributed by atoms with Crippen molar-refractivity contribution in [2.24, 2.45) is 0 Å². The fourth-order valence-corrected chi connectivity index (χ4v) is 1.78. The molecule has 0 radical (unpaired) electrons. The molecule has 3 nitrogen and oxygen atoms in total. The van der Waals surface area contributed by atoms with Gasteiger partial charge < -0.3 is 4.90 Å². The molecule has 1 atom stereocenters. The van der Waals surface area contributed by atoms with E-state index in [9.17, 15) is 4.79 Å². The van der Waals surface area contributed by atoms with Gasteiger partial charge in [-0.2, -0.15) is 12.6 Å². The number of hydrogen-bond donors (Lipinski definition) is 1. The number of thiol groups is 1. The van der Waals surface area contributed by atoms with Gasteiger partial charge in [-0.05, 0) is 6.92 Å². The van der Waals surface area contributed by atoms with E-state index in [0.29, 0.717) is 5.69 Å². The largest absolute Gasteiger partial charge is 0.343 e. The standard InChI is InChI=1S/C8H12N2OS2/c1-5(12)7-9-6(4-13-7)8(11)10(2)3/h4-5,12H,1-3H3. The van der Waals surface area contributed by atoms with Gasteiger partial charge in [0.2, 0.25) is 0 Å². The molecule has 1 amide bonds. The van der Waals surface area contributed by atoms with Crippen LogP contribution in [0.2, 0.25) is 0 Å². The smallest absolute Gasteiger partial charge is 0.272 e. The SMILES string of the molecule is CC(S)c1nc(C(=O)N(C)C)cs1. The molecule has 0 aliphatic rings. The fraction of sp³-hybridized carbons (Fsp3) is 0.500. The second-order valence-corrected chi connectivity index (χ2v) is 4.61. The van der Waals surface area contributed by atoms with E-state index >= 15 is 0 Å². The first-order valence-electron chi connectivity index (χ1n) is 3.87. The lowest BCUT2D eigenvalue weighted by Gasteiger charge is -2.06. The van der Waals surface area contributed by atoms with Crippen molar-refractivity contribution < 1.29 is 4.79 Å². The molecule has 1 heterocycles. The normalized spacial score (nSPS) is 12.6. The Labute approximate surface area is 87.2 Å². The van der Waals surface area contributed by atoms with E-state index in [1.54, 1.807) is 19.5 Å². The number of thiazole rings is 1. The lowest BCUT2D eigenvalue weighted by atomic mass is 10.4. The highest BCUT2D eigenvalue weighted by Crippen LogP contribution is 2.22. The lowest BCUT2D eigenvalue weighted by molar-refractivity contribution is 0.0822. The molecule has 1 aromatic rings. The molecule has 0 saturated carbocycles. The number of amides is 1. The minimum atomic E-state index is -0.0588. The Morgan fingerprint density at radius 3 is 2.69 bits per heavy atom. The summed E-state index contributed by atoms with van der Waals surface area (Å²) < 4.78 is 0. The zero-order valence-electron chi connectivity index (χ0n) is 7.81. The third-order valence-electron chi connectivity index (χ3n) is 1.50. The highest BCUT2D eigenvalue weighted by Gasteiger charge is 2.13. The van der Waals surface area contributed by atoms with Gasteiger partial charge in [0, 0.05) is 19.5 Å². The molecule has 1 unspecified atom stereocenters. The Hall–Kier alpha value is -0.550. The van der Waals surface area contributed by atoms with Gasteiger partial charge in [0.1, 0.15) is 10.7 Å². The predicted molar refractivity (Wildman–Crippen MR) is 57.5 cm³/mol. The van der Waals surface area contributed by atoms with Crippen molar-refractivity contribution in [3.63, 3.8) is 0 Å². The Bertz CT molecular complexity index is 307. The molecule has 0 aromatic carbocycles. The van der Waals surface area contributed by atoms with Crippen LogP contribution in [0.15, 0.2) is 5.38 Å². The molecule has 0 bridgehead atoms. The number of nitrogens with zero attached hydrogens (tertiary/aromatic N) is 2. The van der Waals surface area contributed by atoms with Crippen LogP contribution >= 0.6 is 24.0 Å². The molecular weight excluding hydrogens is 204 g/mol. The van der Waals surface area contributed by atoms with E-state index in [1.165, 1.54) is 16.2 Å². The summed E-state index contributed by atoms with van der Waals surface area (Å²) in [6, 6.07) is 0. The number of hydrogen-bond acceptors (Lipinski definition) is 4. The Kier molecular flexibility index (Phi) is 3.33. The van der Waals surface area contributed by atoms with Crippen molar-refractivity contribution in [3.8, 4) is 0 Å². The number of carbonyl (C=O) groups is 1. The fourth-order valence-electron chi connectivity index (χ4n) is 0.807. The number of rotatable bonds is 2. The van der Waals surface area contributed by atoms with E-state index in [1.807, 2.05) is 6.92 Å². The average molecular weight is 216 g/mol. The first-order valence-corrected chi connectivity index (χ1v) is 5.27. The van der Waals surface area contributed by atoms with Gasteiger partial charge in [0.15, 0.2) is 0 Å². The quantitative estimate of drug-likeness (QED) is 0.765. The Morgan fingerprint density at radius 1 is 1.69 bits per heavy atom. The monoisotopic (exact) mass is 216 g/mol. The molecule has 72 valence electrons. The minimum Gasteiger partial charge on any atom is -0.343 e. The van der Waals surface area contributed by atoms with Crippen LogP contribution in [-0.4, -0.2) is 29.9 Å². The number of carbonyl (C=O) groups excluding carboxylic acids is 1. The van der Waals surface area contributed by atoms with Gasteiger partial charge >= 0.3 is 0 Å². The highest BCUT2D eigenvalue weighted by molar-refractivity contribution is 7.80. The summed E-state index contributed by atoms with van der Waals surface area (Å²) in [6.45, 7) is 1.94. The van der Waals surface area contributed by atoms with Gasteiger partial charge in [-0.15, -0.1) is 11.3 Å². The van der Waals surface area contributed by atoms with Crippen LogP contribution in [0.25, 0.3) is 0 Å². The van der Waals surface area contributed by atoms with Crippen LogP contribution in [-0.2, 0) is 0 Å². The molecule has 0 aliphatic carbocycles. The Balaban J connectivity index is 2.86. The maximum Gasteiger partial charge on any atom is 0.272 e. The van der Waals surface area contributed by atoms with Gasteiger partial charge in [-0.3, -0.25) is 4.79 Å². The van der Waals surface area contributed by atoms with Crippen LogP contribution in [0, 0.1) is 0 Å². The average Bonchev–Trinajstić information content (AvgIpc) is 2.50. The third-order valence-corrected chi connectivity index (χ3v) is 2.95. The van der Waals surface area contributed by atoms with Gasteiger partial charge in [0.25, 0.3) is 5.91 Å². The summed E-state index contributed by atoms with van der Waals surface area (Å²) in [4.78, 5) is 17.1. The lowest BCUT2D eigenvalue weighted by Crippen LogP contribution is -2.21. The minimum absolute atomic E-state index is 0.0588. The molecule has 5 heteroatoms. The van der Waals surface area contributed by atoms with Gasteiger partial charge in [-0.1, -0.05) is 0 Å². The van der Waals surface area contributed by atoms with Gasteiger partial charge in [-0.25, -0.2) is 4.98 Å². The van der Waals surface area contributed by atoms with Crippen molar-refractivity contribution in [1.82, 2.24) is 9.88 Å². The van der Waals surface area contributed by atoms with Crippen LogP contribution < -0.4 is 0 Å². The van der Waals surface area contributed by atoms with Crippen LogP contribution in [0.3, 0.4) is 0 Å². The van der Waals surface area contributed by atoms with E-state index in [4.69, 9.17) is 0 Å². The van der Waals surface area contributed by atoms with Crippen molar-refractivity contribution in [3.05, 3.63) is 16.1 Å². The van der Waals surface area contributed by atoms with Crippen molar-refractivity contribution >= 4 is 29.9 Å². The molecule has 0 aliphatic heterocycles. The first kappa shape index (κ1) is 10.5. The van der Waals surface area contributed by atoms with E-state index in [2.05, 4.69) is 17.6 Å². The van der Waals surface area contributed by atoms with E-state index in [0.717, 1.165) is 5.01 Å². The van der Waals surface area contributed by atoms with Gasteiger partial charge in [0.05, 0.1) is 5.25 Å². The van der Waals surface area contributed by atoms with Crippen LogP contribution in [0.5, 0.6) is 0 Å². The summed E-state index contributed by atoms with van der Waals surface area (Å²) in [7, 11) is 3.43. The van der Waals surface area contributed by atoms with Crippen molar-refractivity contribution in [2.45, 2.75) is 12.2 Å². The number of aromatic nitrogens is 1. The molecule has 0 fully saturated rings. The molecular formula is C8H12N2OS2. The molecule has 0 saturated heterocycles. The Morgan fingerprint density at radius 2 is 2.31 bits per heavy atom. The maximum atomic E-state index is 11.4. The first-order chi connectivity index (χ1) is 6.02. The predicted octanol–water partition coefficient (Wildman–Crippen LogP) is 1.84. The zero-order chi connectivity index (χ0) is 10.0. The molecule has 1 rings (SSSR count). The molecule has 13 heavy (non-hydrogen) atoms. The third kappa shape index (κ3) is 2.45. The van der Waals surface area contributed by atoms with E-state index in [-0.39, 0.29) is 11.2 Å². The second kappa shape index (κ2) is 4.11. The van der Waals surface area contributed by atoms with Crippen molar-refractivity contribution in [2.75, 3.05) is 14.1 Å². The summed E-state index contributed by atoms with van der Waals surface area (Å²) in [6.07, 6.45) is 0. The molecule has 1 aromatic heterocycles. The summed E-state index contributed by atoms with van der Waals surface area (Å²) in [5.74, 6) is -0.0588. The van der Waals surface area contributed by atoms with Crippen molar-refractivity contribution in [1.29, 1.82) is 0 Å². The summed E-state index contributed by atoms with van der Waals surface area (Å²) in [5, 5.41) is 2.74. The summed E-state index contributed by atoms with van der Waals surface area (Å²) >= 11 is 5.71.